The molecule has 1 saturated carbocycles. The predicted octanol–water partition coefficient (Wildman–Crippen LogP) is 2.54. The Morgan fingerprint density at radius 2 is 2.00 bits per heavy atom. The van der Waals surface area contributed by atoms with Crippen LogP contribution in [0.5, 0.6) is 0 Å². The Bertz CT molecular complexity index is 362. The quantitative estimate of drug-likeness (QED) is 0.869. The van der Waals surface area contributed by atoms with Crippen molar-refractivity contribution in [1.29, 1.82) is 0 Å². The highest BCUT2D eigenvalue weighted by Crippen LogP contribution is 2.36. The lowest BCUT2D eigenvalue weighted by atomic mass is 9.82. The van der Waals surface area contributed by atoms with Crippen molar-refractivity contribution in [2.45, 2.75) is 51.4 Å². The topological polar surface area (TPSA) is 29.9 Å². The fraction of sp³-hybridized carbons (Fsp3) is 0.786. The minimum absolute atomic E-state index is 0.768. The Morgan fingerprint density at radius 1 is 1.29 bits per heavy atom. The van der Waals surface area contributed by atoms with Crippen molar-refractivity contribution < 1.29 is 0 Å². The van der Waals surface area contributed by atoms with Gasteiger partial charge in [0, 0.05) is 25.7 Å². The second-order valence-electron chi connectivity index (χ2n) is 5.26. The molecule has 0 amide bonds. The maximum atomic E-state index is 4.70. The third-order valence-corrected chi connectivity index (χ3v) is 4.08. The van der Waals surface area contributed by atoms with E-state index in [2.05, 4.69) is 24.0 Å². The van der Waals surface area contributed by atoms with Crippen molar-refractivity contribution >= 4 is 0 Å². The normalized spacial score (nSPS) is 17.6. The van der Waals surface area contributed by atoms with Crippen LogP contribution in [0.15, 0.2) is 0 Å². The fourth-order valence-electron chi connectivity index (χ4n) is 3.04. The molecule has 0 unspecified atom stereocenters. The van der Waals surface area contributed by atoms with Gasteiger partial charge in [-0.15, -0.1) is 0 Å². The van der Waals surface area contributed by atoms with Gasteiger partial charge in [-0.3, -0.25) is 4.68 Å². The van der Waals surface area contributed by atoms with E-state index in [1.165, 1.54) is 43.5 Å². The van der Waals surface area contributed by atoms with Crippen molar-refractivity contribution in [2.24, 2.45) is 7.05 Å². The van der Waals surface area contributed by atoms with E-state index in [4.69, 9.17) is 5.10 Å². The van der Waals surface area contributed by atoms with E-state index in [-0.39, 0.29) is 0 Å². The lowest BCUT2D eigenvalue weighted by Gasteiger charge is -2.22. The van der Waals surface area contributed by atoms with E-state index < -0.39 is 0 Å². The first-order valence-electron chi connectivity index (χ1n) is 6.91. The average Bonchev–Trinajstić information content (AvgIpc) is 2.64. The summed E-state index contributed by atoms with van der Waals surface area (Å²) < 4.78 is 2.06. The molecule has 3 nitrogen and oxygen atoms in total. The maximum absolute atomic E-state index is 4.70. The third kappa shape index (κ3) is 2.71. The third-order valence-electron chi connectivity index (χ3n) is 4.08. The summed E-state index contributed by atoms with van der Waals surface area (Å²) in [7, 11) is 4.08. The highest BCUT2D eigenvalue weighted by Gasteiger charge is 2.23. The first kappa shape index (κ1) is 12.6. The van der Waals surface area contributed by atoms with Crippen molar-refractivity contribution in [3.8, 4) is 0 Å². The van der Waals surface area contributed by atoms with Crippen molar-refractivity contribution in [2.75, 3.05) is 13.6 Å². The molecular weight excluding hydrogens is 210 g/mol. The molecule has 0 spiro atoms. The molecule has 3 heteroatoms. The van der Waals surface area contributed by atoms with Gasteiger partial charge in [-0.1, -0.05) is 19.3 Å². The van der Waals surface area contributed by atoms with Crippen LogP contribution in [0, 0.1) is 6.92 Å². The molecular formula is C14H25N3. The number of hydrogen-bond donors (Lipinski definition) is 1. The minimum Gasteiger partial charge on any atom is -0.319 e. The van der Waals surface area contributed by atoms with Crippen LogP contribution in [-0.4, -0.2) is 23.4 Å². The lowest BCUT2D eigenvalue weighted by molar-refractivity contribution is 0.440. The summed E-state index contributed by atoms with van der Waals surface area (Å²) in [5.74, 6) is 0.768. The van der Waals surface area contributed by atoms with Crippen LogP contribution in [0.1, 0.15) is 55.0 Å². The summed E-state index contributed by atoms with van der Waals surface area (Å²) in [6.07, 6.45) is 7.98. The van der Waals surface area contributed by atoms with Gasteiger partial charge in [0.2, 0.25) is 0 Å². The maximum Gasteiger partial charge on any atom is 0.0674 e. The van der Waals surface area contributed by atoms with Crippen molar-refractivity contribution in [1.82, 2.24) is 15.1 Å². The number of likely N-dealkylation sites (N-methyl/N-ethyl adjacent to an activating group) is 1. The van der Waals surface area contributed by atoms with Crippen LogP contribution >= 0.6 is 0 Å². The van der Waals surface area contributed by atoms with Gasteiger partial charge in [-0.25, -0.2) is 0 Å². The molecule has 1 aromatic heterocycles. The van der Waals surface area contributed by atoms with Gasteiger partial charge < -0.3 is 5.32 Å². The zero-order valence-corrected chi connectivity index (χ0v) is 11.4. The van der Waals surface area contributed by atoms with E-state index in [0.29, 0.717) is 0 Å². The highest BCUT2D eigenvalue weighted by molar-refractivity contribution is 5.30. The molecule has 1 aromatic rings. The number of nitrogens with one attached hydrogen (secondary N) is 1. The first-order chi connectivity index (χ1) is 8.24. The highest BCUT2D eigenvalue weighted by atomic mass is 15.3. The van der Waals surface area contributed by atoms with Gasteiger partial charge in [-0.05, 0) is 38.3 Å². The second-order valence-corrected chi connectivity index (χ2v) is 5.26. The molecule has 96 valence electrons. The van der Waals surface area contributed by atoms with Crippen LogP contribution in [0.3, 0.4) is 0 Å². The van der Waals surface area contributed by atoms with E-state index in [9.17, 15) is 0 Å². The van der Waals surface area contributed by atoms with Gasteiger partial charge in [0.05, 0.1) is 5.69 Å². The van der Waals surface area contributed by atoms with E-state index >= 15 is 0 Å². The zero-order valence-electron chi connectivity index (χ0n) is 11.4. The Hall–Kier alpha value is -0.830. The summed E-state index contributed by atoms with van der Waals surface area (Å²) in [4.78, 5) is 0. The molecule has 1 aliphatic carbocycles. The monoisotopic (exact) mass is 235 g/mol. The molecule has 0 atom stereocenters. The van der Waals surface area contributed by atoms with Gasteiger partial charge >= 0.3 is 0 Å². The summed E-state index contributed by atoms with van der Waals surface area (Å²) >= 11 is 0. The predicted molar refractivity (Wildman–Crippen MR) is 71.4 cm³/mol. The van der Waals surface area contributed by atoms with Gasteiger partial charge in [0.25, 0.3) is 0 Å². The number of hydrogen-bond acceptors (Lipinski definition) is 2. The number of nitrogens with zero attached hydrogens (tertiary/aromatic N) is 2. The number of rotatable bonds is 4. The Labute approximate surface area is 105 Å². The molecule has 2 rings (SSSR count). The summed E-state index contributed by atoms with van der Waals surface area (Å²) in [6.45, 7) is 3.25. The molecule has 1 aliphatic rings. The van der Waals surface area contributed by atoms with Crippen LogP contribution in [0.4, 0.5) is 0 Å². The molecule has 1 fully saturated rings. The van der Waals surface area contributed by atoms with Crippen molar-refractivity contribution in [3.05, 3.63) is 17.0 Å². The molecule has 0 radical (unpaired) electrons. The minimum atomic E-state index is 0.768. The van der Waals surface area contributed by atoms with Crippen LogP contribution < -0.4 is 5.32 Å². The van der Waals surface area contributed by atoms with Crippen LogP contribution in [0.25, 0.3) is 0 Å². The van der Waals surface area contributed by atoms with Gasteiger partial charge in [-0.2, -0.15) is 5.10 Å². The standard InChI is InChI=1S/C14H25N3/c1-11-14(12-7-5-4-6-8-12)13(9-10-15-2)16-17(11)3/h12,15H,4-10H2,1-3H3. The Kier molecular flexibility index (Phi) is 4.21. The number of aromatic nitrogens is 2. The largest absolute Gasteiger partial charge is 0.319 e. The average molecular weight is 235 g/mol. The van der Waals surface area contributed by atoms with Crippen LogP contribution in [0.2, 0.25) is 0 Å². The lowest BCUT2D eigenvalue weighted by Crippen LogP contribution is -2.13. The molecule has 0 aliphatic heterocycles. The molecule has 0 saturated heterocycles. The molecule has 0 aromatic carbocycles. The summed E-state index contributed by atoms with van der Waals surface area (Å²) in [5.41, 5.74) is 4.26. The molecule has 1 heterocycles. The van der Waals surface area contributed by atoms with Crippen LogP contribution in [-0.2, 0) is 13.5 Å². The smallest absolute Gasteiger partial charge is 0.0674 e. The van der Waals surface area contributed by atoms with Gasteiger partial charge in [0.15, 0.2) is 0 Å². The first-order valence-corrected chi connectivity index (χ1v) is 6.91. The molecule has 0 bridgehead atoms. The number of aryl methyl sites for hydroxylation is 1. The molecule has 1 N–H and O–H groups in total. The van der Waals surface area contributed by atoms with Gasteiger partial charge in [0.1, 0.15) is 0 Å². The van der Waals surface area contributed by atoms with E-state index in [1.807, 2.05) is 7.05 Å². The summed E-state index contributed by atoms with van der Waals surface area (Å²) in [5, 5.41) is 7.93. The zero-order chi connectivity index (χ0) is 12.3. The summed E-state index contributed by atoms with van der Waals surface area (Å²) in [6, 6.07) is 0. The Balaban J connectivity index is 2.22. The van der Waals surface area contributed by atoms with E-state index in [0.717, 1.165) is 18.9 Å². The fourth-order valence-corrected chi connectivity index (χ4v) is 3.04. The second kappa shape index (κ2) is 5.67. The Morgan fingerprint density at radius 3 is 2.65 bits per heavy atom. The van der Waals surface area contributed by atoms with E-state index in [1.54, 1.807) is 5.56 Å². The van der Waals surface area contributed by atoms with Crippen molar-refractivity contribution in [3.63, 3.8) is 0 Å². The SMILES string of the molecule is CNCCc1nn(C)c(C)c1C1CCCCC1. The molecule has 17 heavy (non-hydrogen) atoms.